The van der Waals surface area contributed by atoms with Crippen molar-refractivity contribution in [1.29, 1.82) is 0 Å². The number of hydrogen-bond acceptors (Lipinski definition) is 5. The second-order valence-electron chi connectivity index (χ2n) is 4.71. The van der Waals surface area contributed by atoms with E-state index in [0.29, 0.717) is 37.3 Å². The maximum absolute atomic E-state index is 11.8. The second-order valence-corrected chi connectivity index (χ2v) is 4.71. The molecule has 108 valence electrons. The minimum absolute atomic E-state index is 0.0489. The number of amides is 1. The van der Waals surface area contributed by atoms with Gasteiger partial charge >= 0.3 is 0 Å². The van der Waals surface area contributed by atoms with Gasteiger partial charge in [0.05, 0.1) is 11.0 Å². The minimum atomic E-state index is -0.484. The third-order valence-corrected chi connectivity index (χ3v) is 3.28. The van der Waals surface area contributed by atoms with Crippen molar-refractivity contribution >= 4 is 17.3 Å². The molecule has 0 saturated carbocycles. The number of carbonyl (C=O) groups excluding carboxylic acids is 1. The van der Waals surface area contributed by atoms with Gasteiger partial charge in [0.25, 0.3) is 11.6 Å². The van der Waals surface area contributed by atoms with E-state index < -0.39 is 11.0 Å². The molecule has 0 unspecified atom stereocenters. The van der Waals surface area contributed by atoms with Gasteiger partial charge in [0.15, 0.2) is 0 Å². The van der Waals surface area contributed by atoms with Crippen LogP contribution in [0.15, 0.2) is 18.2 Å². The molecule has 0 spiro atoms. The molecule has 0 aliphatic carbocycles. The summed E-state index contributed by atoms with van der Waals surface area (Å²) >= 11 is 0. The van der Waals surface area contributed by atoms with Gasteiger partial charge in [-0.25, -0.2) is 0 Å². The molecule has 1 fully saturated rings. The Labute approximate surface area is 116 Å². The summed E-state index contributed by atoms with van der Waals surface area (Å²) in [5, 5.41) is 23.3. The summed E-state index contributed by atoms with van der Waals surface area (Å²) in [7, 11) is 0. The quantitative estimate of drug-likeness (QED) is 0.631. The van der Waals surface area contributed by atoms with E-state index in [2.05, 4.69) is 5.32 Å². The van der Waals surface area contributed by atoms with Crippen molar-refractivity contribution in [3.05, 3.63) is 33.9 Å². The van der Waals surface area contributed by atoms with Gasteiger partial charge in [-0.3, -0.25) is 14.9 Å². The third kappa shape index (κ3) is 2.88. The standard InChI is InChI=1S/C13H17N3O4/c1-2-14-13(18)9-3-4-11(16(19)20)12(7-9)15-6-5-10(17)8-15/h3-4,7,10,17H,2,5-6,8H2,1H3,(H,14,18)/t10-/m1/s1. The van der Waals surface area contributed by atoms with E-state index in [1.807, 2.05) is 0 Å². The first-order chi connectivity index (χ1) is 9.52. The Kier molecular flexibility index (Phi) is 4.19. The summed E-state index contributed by atoms with van der Waals surface area (Å²) in [6, 6.07) is 4.30. The Hall–Kier alpha value is -2.15. The third-order valence-electron chi connectivity index (χ3n) is 3.28. The Balaban J connectivity index is 2.37. The average molecular weight is 279 g/mol. The molecule has 1 saturated heterocycles. The van der Waals surface area contributed by atoms with Crippen LogP contribution < -0.4 is 10.2 Å². The predicted molar refractivity (Wildman–Crippen MR) is 73.9 cm³/mol. The van der Waals surface area contributed by atoms with Crippen molar-refractivity contribution in [2.45, 2.75) is 19.4 Å². The number of β-amino-alcohol motifs (C(OH)–C–C–N with tert-alkyl or cyclic N) is 1. The molecule has 2 N–H and O–H groups in total. The first kappa shape index (κ1) is 14.3. The summed E-state index contributed by atoms with van der Waals surface area (Å²) in [5.41, 5.74) is 0.719. The maximum atomic E-state index is 11.8. The Morgan fingerprint density at radius 3 is 2.90 bits per heavy atom. The van der Waals surface area contributed by atoms with Gasteiger partial charge in [0.2, 0.25) is 0 Å². The number of aliphatic hydroxyl groups is 1. The van der Waals surface area contributed by atoms with Crippen LogP contribution in [0, 0.1) is 10.1 Å². The van der Waals surface area contributed by atoms with Crippen LogP contribution in [0.25, 0.3) is 0 Å². The summed E-state index contributed by atoms with van der Waals surface area (Å²) in [4.78, 5) is 24.2. The zero-order valence-electron chi connectivity index (χ0n) is 11.2. The molecule has 1 aromatic carbocycles. The van der Waals surface area contributed by atoms with E-state index in [4.69, 9.17) is 0 Å². The summed E-state index contributed by atoms with van der Waals surface area (Å²) in [5.74, 6) is -0.261. The van der Waals surface area contributed by atoms with Gasteiger partial charge in [0, 0.05) is 31.3 Å². The smallest absolute Gasteiger partial charge is 0.292 e. The lowest BCUT2D eigenvalue weighted by molar-refractivity contribution is -0.384. The topological polar surface area (TPSA) is 95.7 Å². The molecular formula is C13H17N3O4. The largest absolute Gasteiger partial charge is 0.391 e. The number of carbonyl (C=O) groups is 1. The molecule has 1 aliphatic heterocycles. The number of nitro benzene ring substituents is 1. The molecule has 1 atom stereocenters. The molecule has 7 nitrogen and oxygen atoms in total. The van der Waals surface area contributed by atoms with Crippen LogP contribution in [0.3, 0.4) is 0 Å². The van der Waals surface area contributed by atoms with Gasteiger partial charge < -0.3 is 15.3 Å². The number of nitrogens with zero attached hydrogens (tertiary/aromatic N) is 2. The highest BCUT2D eigenvalue weighted by Crippen LogP contribution is 2.31. The zero-order chi connectivity index (χ0) is 14.7. The average Bonchev–Trinajstić information content (AvgIpc) is 2.85. The molecule has 0 aromatic heterocycles. The number of aliphatic hydroxyl groups excluding tert-OH is 1. The Morgan fingerprint density at radius 2 is 2.35 bits per heavy atom. The molecule has 2 rings (SSSR count). The summed E-state index contributed by atoms with van der Waals surface area (Å²) < 4.78 is 0. The molecule has 1 heterocycles. The number of hydrogen-bond donors (Lipinski definition) is 2. The van der Waals surface area contributed by atoms with Gasteiger partial charge in [-0.05, 0) is 25.5 Å². The van der Waals surface area contributed by atoms with Crippen molar-refractivity contribution in [1.82, 2.24) is 5.32 Å². The van der Waals surface area contributed by atoms with Crippen LogP contribution in [0.4, 0.5) is 11.4 Å². The lowest BCUT2D eigenvalue weighted by Crippen LogP contribution is -2.25. The number of nitrogens with one attached hydrogen (secondary N) is 1. The van der Waals surface area contributed by atoms with Crippen LogP contribution in [0.1, 0.15) is 23.7 Å². The van der Waals surface area contributed by atoms with E-state index in [1.165, 1.54) is 18.2 Å². The van der Waals surface area contributed by atoms with Crippen LogP contribution in [-0.4, -0.2) is 41.7 Å². The Bertz CT molecular complexity index is 532. The zero-order valence-corrected chi connectivity index (χ0v) is 11.2. The molecular weight excluding hydrogens is 262 g/mol. The first-order valence-corrected chi connectivity index (χ1v) is 6.52. The lowest BCUT2D eigenvalue weighted by atomic mass is 10.1. The number of nitro groups is 1. The van der Waals surface area contributed by atoms with E-state index in [0.717, 1.165) is 0 Å². The van der Waals surface area contributed by atoms with Crippen molar-refractivity contribution in [2.24, 2.45) is 0 Å². The predicted octanol–water partition coefficient (Wildman–Crippen LogP) is 0.916. The van der Waals surface area contributed by atoms with Crippen LogP contribution in [0.2, 0.25) is 0 Å². The van der Waals surface area contributed by atoms with E-state index in [1.54, 1.807) is 11.8 Å². The van der Waals surface area contributed by atoms with Crippen molar-refractivity contribution in [3.63, 3.8) is 0 Å². The summed E-state index contributed by atoms with van der Waals surface area (Å²) in [6.07, 6.45) is 0.0884. The van der Waals surface area contributed by atoms with E-state index in [-0.39, 0.29) is 11.6 Å². The van der Waals surface area contributed by atoms with Crippen LogP contribution in [-0.2, 0) is 0 Å². The monoisotopic (exact) mass is 279 g/mol. The van der Waals surface area contributed by atoms with E-state index in [9.17, 15) is 20.0 Å². The Morgan fingerprint density at radius 1 is 1.60 bits per heavy atom. The number of anilines is 1. The molecule has 1 aliphatic rings. The molecule has 1 aromatic rings. The van der Waals surface area contributed by atoms with Gasteiger partial charge in [0.1, 0.15) is 5.69 Å². The van der Waals surface area contributed by atoms with Gasteiger partial charge in [-0.15, -0.1) is 0 Å². The second kappa shape index (κ2) is 5.87. The fourth-order valence-electron chi connectivity index (χ4n) is 2.30. The molecule has 20 heavy (non-hydrogen) atoms. The van der Waals surface area contributed by atoms with Gasteiger partial charge in [-0.1, -0.05) is 0 Å². The first-order valence-electron chi connectivity index (χ1n) is 6.52. The summed E-state index contributed by atoms with van der Waals surface area (Å²) in [6.45, 7) is 3.19. The normalized spacial score (nSPS) is 18.1. The highest BCUT2D eigenvalue weighted by atomic mass is 16.6. The van der Waals surface area contributed by atoms with Crippen molar-refractivity contribution < 1.29 is 14.8 Å². The van der Waals surface area contributed by atoms with E-state index >= 15 is 0 Å². The van der Waals surface area contributed by atoms with Gasteiger partial charge in [-0.2, -0.15) is 0 Å². The fraction of sp³-hybridized carbons (Fsp3) is 0.462. The SMILES string of the molecule is CCNC(=O)c1ccc([N+](=O)[O-])c(N2CC[C@@H](O)C2)c1. The van der Waals surface area contributed by atoms with Crippen LogP contribution >= 0.6 is 0 Å². The molecule has 0 bridgehead atoms. The van der Waals surface area contributed by atoms with Crippen LogP contribution in [0.5, 0.6) is 0 Å². The maximum Gasteiger partial charge on any atom is 0.292 e. The molecule has 7 heteroatoms. The van der Waals surface area contributed by atoms with Crippen molar-refractivity contribution in [2.75, 3.05) is 24.5 Å². The minimum Gasteiger partial charge on any atom is -0.391 e. The lowest BCUT2D eigenvalue weighted by Gasteiger charge is -2.18. The molecule has 1 amide bonds. The van der Waals surface area contributed by atoms with Crippen molar-refractivity contribution in [3.8, 4) is 0 Å². The highest BCUT2D eigenvalue weighted by molar-refractivity contribution is 5.96. The number of rotatable bonds is 4. The fourth-order valence-corrected chi connectivity index (χ4v) is 2.30. The molecule has 0 radical (unpaired) electrons. The highest BCUT2D eigenvalue weighted by Gasteiger charge is 2.27. The number of benzene rings is 1.